The van der Waals surface area contributed by atoms with E-state index in [1.54, 1.807) is 42.5 Å². The highest BCUT2D eigenvalue weighted by atomic mass is 32.2. The third-order valence-electron chi connectivity index (χ3n) is 8.34. The summed E-state index contributed by atoms with van der Waals surface area (Å²) in [6, 6.07) is 12.2. The third kappa shape index (κ3) is 6.71. The molecule has 10 heteroatoms. The molecule has 0 unspecified atom stereocenters. The van der Waals surface area contributed by atoms with E-state index in [0.29, 0.717) is 53.6 Å². The van der Waals surface area contributed by atoms with Gasteiger partial charge in [0.1, 0.15) is 10.6 Å². The van der Waals surface area contributed by atoms with Crippen LogP contribution < -0.4 is 15.0 Å². The van der Waals surface area contributed by atoms with Gasteiger partial charge in [-0.2, -0.15) is 0 Å². The van der Waals surface area contributed by atoms with Gasteiger partial charge in [-0.1, -0.05) is 19.8 Å². The molecule has 3 heterocycles. The number of sulfone groups is 1. The van der Waals surface area contributed by atoms with E-state index >= 15 is 0 Å². The Morgan fingerprint density at radius 1 is 1.05 bits per heavy atom. The monoisotopic (exact) mass is 594 g/mol. The lowest BCUT2D eigenvalue weighted by molar-refractivity contribution is 0.0945. The van der Waals surface area contributed by atoms with Crippen LogP contribution in [0.2, 0.25) is 0 Å². The first-order valence-electron chi connectivity index (χ1n) is 15.2. The summed E-state index contributed by atoms with van der Waals surface area (Å²) in [6.07, 6.45) is 9.07. The van der Waals surface area contributed by atoms with Crippen LogP contribution in [0.25, 0.3) is 10.9 Å². The van der Waals surface area contributed by atoms with Crippen LogP contribution in [0.3, 0.4) is 0 Å². The fourth-order valence-corrected chi connectivity index (χ4v) is 7.44. The molecule has 1 aromatic heterocycles. The van der Waals surface area contributed by atoms with Crippen molar-refractivity contribution < 1.29 is 23.1 Å². The molecule has 0 spiro atoms. The fraction of sp³-hybridized carbons (Fsp3) is 0.500. The number of unbranched alkanes of at least 4 members (excludes halogenated alkanes) is 1. The number of pyridine rings is 1. The summed E-state index contributed by atoms with van der Waals surface area (Å²) >= 11 is 0. The summed E-state index contributed by atoms with van der Waals surface area (Å²) < 4.78 is 34.1. The molecule has 2 fully saturated rings. The van der Waals surface area contributed by atoms with Gasteiger partial charge in [0.25, 0.3) is 5.91 Å². The summed E-state index contributed by atoms with van der Waals surface area (Å²) in [6.45, 7) is 6.35. The van der Waals surface area contributed by atoms with Gasteiger partial charge >= 0.3 is 0 Å². The van der Waals surface area contributed by atoms with Crippen LogP contribution in [0.4, 0.5) is 5.69 Å². The van der Waals surface area contributed by atoms with Crippen LogP contribution in [-0.4, -0.2) is 81.3 Å². The Morgan fingerprint density at radius 2 is 1.79 bits per heavy atom. The van der Waals surface area contributed by atoms with E-state index in [4.69, 9.17) is 9.84 Å². The highest BCUT2D eigenvalue weighted by molar-refractivity contribution is 7.91. The highest BCUT2D eigenvalue weighted by Crippen LogP contribution is 2.38. The number of ether oxygens (including phenoxy) is 1. The predicted molar refractivity (Wildman–Crippen MR) is 164 cm³/mol. The first kappa shape index (κ1) is 30.3. The molecule has 0 bridgehead atoms. The van der Waals surface area contributed by atoms with Gasteiger partial charge in [-0.15, -0.1) is 0 Å². The van der Waals surface area contributed by atoms with Crippen LogP contribution in [0.1, 0.15) is 62.2 Å². The number of piperidine rings is 2. The Balaban J connectivity index is 1.52. The second-order valence-corrected chi connectivity index (χ2v) is 13.1. The first-order valence-corrected chi connectivity index (χ1v) is 16.7. The van der Waals surface area contributed by atoms with Crippen molar-refractivity contribution in [2.45, 2.75) is 67.7 Å². The maximum Gasteiger partial charge on any atom is 0.251 e. The van der Waals surface area contributed by atoms with Crippen molar-refractivity contribution >= 4 is 32.3 Å². The number of hydrogen-bond donors (Lipinski definition) is 2. The maximum absolute atomic E-state index is 14.2. The van der Waals surface area contributed by atoms with Crippen molar-refractivity contribution in [2.24, 2.45) is 0 Å². The molecule has 42 heavy (non-hydrogen) atoms. The highest BCUT2D eigenvalue weighted by Gasteiger charge is 2.31. The minimum absolute atomic E-state index is 0.137. The van der Waals surface area contributed by atoms with E-state index in [1.165, 1.54) is 25.5 Å². The Kier molecular flexibility index (Phi) is 9.97. The molecule has 5 rings (SSSR count). The van der Waals surface area contributed by atoms with Crippen molar-refractivity contribution in [3.8, 4) is 5.75 Å². The lowest BCUT2D eigenvalue weighted by Crippen LogP contribution is -2.47. The lowest BCUT2D eigenvalue weighted by atomic mass is 9.99. The number of nitrogens with one attached hydrogen (secondary N) is 1. The summed E-state index contributed by atoms with van der Waals surface area (Å²) in [7, 11) is -3.94. The van der Waals surface area contributed by atoms with Gasteiger partial charge in [-0.25, -0.2) is 8.42 Å². The van der Waals surface area contributed by atoms with Crippen LogP contribution >= 0.6 is 0 Å². The first-order chi connectivity index (χ1) is 20.4. The fourth-order valence-electron chi connectivity index (χ4n) is 6.01. The van der Waals surface area contributed by atoms with Gasteiger partial charge in [0.05, 0.1) is 29.3 Å². The number of amides is 1. The van der Waals surface area contributed by atoms with Crippen molar-refractivity contribution in [1.29, 1.82) is 0 Å². The Bertz CT molecular complexity index is 1460. The summed E-state index contributed by atoms with van der Waals surface area (Å²) in [4.78, 5) is 22.4. The molecule has 0 saturated carbocycles. The summed E-state index contributed by atoms with van der Waals surface area (Å²) in [5.41, 5.74) is 1.61. The molecule has 2 N–H and O–H groups in total. The van der Waals surface area contributed by atoms with Gasteiger partial charge in [0.2, 0.25) is 9.84 Å². The number of anilines is 1. The van der Waals surface area contributed by atoms with E-state index in [-0.39, 0.29) is 28.8 Å². The maximum atomic E-state index is 14.2. The topological polar surface area (TPSA) is 112 Å². The average molecular weight is 595 g/mol. The Morgan fingerprint density at radius 3 is 2.48 bits per heavy atom. The Hall–Kier alpha value is -3.21. The van der Waals surface area contributed by atoms with Crippen molar-refractivity contribution in [2.75, 3.05) is 50.8 Å². The number of carbonyl (C=O) groups is 1. The molecule has 2 aliphatic rings. The van der Waals surface area contributed by atoms with Crippen LogP contribution in [-0.2, 0) is 9.84 Å². The minimum Gasteiger partial charge on any atom is -0.494 e. The molecule has 0 radical (unpaired) electrons. The van der Waals surface area contributed by atoms with Crippen molar-refractivity contribution in [3.63, 3.8) is 0 Å². The number of likely N-dealkylation sites (tertiary alicyclic amines) is 1. The number of aromatic nitrogens is 1. The molecule has 2 saturated heterocycles. The second kappa shape index (κ2) is 13.8. The minimum atomic E-state index is -3.94. The predicted octanol–water partition coefficient (Wildman–Crippen LogP) is 4.42. The normalized spacial score (nSPS) is 17.0. The lowest BCUT2D eigenvalue weighted by Gasteiger charge is -2.41. The van der Waals surface area contributed by atoms with E-state index < -0.39 is 9.84 Å². The number of nitrogens with zero attached hydrogens (tertiary/aromatic N) is 3. The average Bonchev–Trinajstić information content (AvgIpc) is 3.03. The SMILES string of the molecule is CCCCOc1ccc(S(=O)(=O)c2cnc3ccc(C(=O)NCCO)cc3c2N2CCC(N3CCCCC3)CC2)cc1. The number of hydrogen-bond acceptors (Lipinski definition) is 8. The second-order valence-electron chi connectivity index (χ2n) is 11.2. The van der Waals surface area contributed by atoms with Gasteiger partial charge < -0.3 is 25.0 Å². The van der Waals surface area contributed by atoms with E-state index in [0.717, 1.165) is 38.8 Å². The number of carbonyl (C=O) groups excluding carboxylic acids is 1. The quantitative estimate of drug-likeness (QED) is 0.314. The van der Waals surface area contributed by atoms with E-state index in [2.05, 4.69) is 27.0 Å². The zero-order valence-corrected chi connectivity index (χ0v) is 25.2. The van der Waals surface area contributed by atoms with Gasteiger partial charge in [-0.3, -0.25) is 9.78 Å². The standard InChI is InChI=1S/C32H42N4O5S/c1-2-3-21-41-26-8-10-27(11-9-26)42(39,40)30-23-34-29-12-7-24(32(38)33-15-20-37)22-28(29)31(30)36-18-13-25(14-19-36)35-16-5-4-6-17-35/h7-12,22-23,25,37H,2-6,13-21H2,1H3,(H,33,38). The molecule has 1 amide bonds. The molecule has 2 aromatic carbocycles. The molecule has 0 atom stereocenters. The summed E-state index contributed by atoms with van der Waals surface area (Å²) in [5, 5.41) is 12.5. The molecule has 3 aromatic rings. The summed E-state index contributed by atoms with van der Waals surface area (Å²) in [5.74, 6) is 0.310. The number of fused-ring (bicyclic) bond motifs is 1. The van der Waals surface area contributed by atoms with Gasteiger partial charge in [-0.05, 0) is 87.7 Å². The van der Waals surface area contributed by atoms with Gasteiger partial charge in [0, 0.05) is 42.8 Å². The number of aliphatic hydroxyl groups excluding tert-OH is 1. The zero-order chi connectivity index (χ0) is 29.5. The van der Waals surface area contributed by atoms with E-state index in [9.17, 15) is 13.2 Å². The van der Waals surface area contributed by atoms with Crippen LogP contribution in [0, 0.1) is 0 Å². The molecule has 2 aliphatic heterocycles. The van der Waals surface area contributed by atoms with Gasteiger partial charge in [0.15, 0.2) is 0 Å². The molecule has 0 aliphatic carbocycles. The largest absolute Gasteiger partial charge is 0.494 e. The molecular formula is C32H42N4O5S. The number of aliphatic hydroxyl groups is 1. The third-order valence-corrected chi connectivity index (χ3v) is 10.1. The van der Waals surface area contributed by atoms with Crippen LogP contribution in [0.5, 0.6) is 5.75 Å². The molecular weight excluding hydrogens is 552 g/mol. The number of benzene rings is 2. The van der Waals surface area contributed by atoms with Crippen LogP contribution in [0.15, 0.2) is 58.5 Å². The molecule has 226 valence electrons. The Labute approximate surface area is 248 Å². The van der Waals surface area contributed by atoms with Crippen molar-refractivity contribution in [1.82, 2.24) is 15.2 Å². The zero-order valence-electron chi connectivity index (χ0n) is 24.4. The smallest absolute Gasteiger partial charge is 0.251 e. The molecule has 9 nitrogen and oxygen atoms in total. The van der Waals surface area contributed by atoms with E-state index in [1.807, 2.05) is 0 Å². The number of rotatable bonds is 11. The van der Waals surface area contributed by atoms with Crippen molar-refractivity contribution in [3.05, 3.63) is 54.2 Å².